The molecule has 1 saturated heterocycles. The third-order valence-electron chi connectivity index (χ3n) is 5.00. The first kappa shape index (κ1) is 16.0. The molecule has 0 aromatic carbocycles. The van der Waals surface area contributed by atoms with Gasteiger partial charge in [0.1, 0.15) is 0 Å². The lowest BCUT2D eigenvalue weighted by atomic mass is 10.0. The Morgan fingerprint density at radius 2 is 1.91 bits per heavy atom. The lowest BCUT2D eigenvalue weighted by Crippen LogP contribution is -2.50. The summed E-state index contributed by atoms with van der Waals surface area (Å²) in [6.45, 7) is 5.32. The highest BCUT2D eigenvalue weighted by Crippen LogP contribution is 2.33. The largest absolute Gasteiger partial charge is 0.395 e. The third-order valence-corrected chi connectivity index (χ3v) is 5.00. The molecule has 1 amide bonds. The van der Waals surface area contributed by atoms with Crippen molar-refractivity contribution in [1.82, 2.24) is 14.7 Å². The molecule has 5 heteroatoms. The summed E-state index contributed by atoms with van der Waals surface area (Å²) in [5.41, 5.74) is 1.29. The van der Waals surface area contributed by atoms with Gasteiger partial charge in [0.2, 0.25) is 5.91 Å². The Kier molecular flexibility index (Phi) is 5.50. The van der Waals surface area contributed by atoms with Crippen LogP contribution in [0.3, 0.4) is 0 Å². The predicted octanol–water partition coefficient (Wildman–Crippen LogP) is 1.05. The fourth-order valence-electron chi connectivity index (χ4n) is 3.55. The van der Waals surface area contributed by atoms with Crippen LogP contribution in [0.25, 0.3) is 0 Å². The van der Waals surface area contributed by atoms with Gasteiger partial charge in [0.05, 0.1) is 13.2 Å². The van der Waals surface area contributed by atoms with E-state index in [9.17, 15) is 4.79 Å². The number of β-amino-alcohol motifs (C(OH)–C–C–N with tert-alkyl or cyclic N) is 1. The molecule has 0 aromatic rings. The molecule has 1 N–H and O–H groups in total. The molecule has 1 saturated carbocycles. The van der Waals surface area contributed by atoms with Crippen molar-refractivity contribution in [3.05, 3.63) is 11.8 Å². The van der Waals surface area contributed by atoms with Gasteiger partial charge in [-0.05, 0) is 38.5 Å². The lowest BCUT2D eigenvalue weighted by Gasteiger charge is -2.36. The summed E-state index contributed by atoms with van der Waals surface area (Å²) in [6.07, 6.45) is 9.34. The van der Waals surface area contributed by atoms with Crippen molar-refractivity contribution in [1.29, 1.82) is 0 Å². The molecular formula is C17H29N3O2. The number of piperazine rings is 1. The average Bonchev–Trinajstić information content (AvgIpc) is 3.36. The molecule has 124 valence electrons. The van der Waals surface area contributed by atoms with E-state index < -0.39 is 0 Å². The third kappa shape index (κ3) is 4.09. The second-order valence-corrected chi connectivity index (χ2v) is 6.78. The summed E-state index contributed by atoms with van der Waals surface area (Å²) in [7, 11) is 0. The molecule has 0 bridgehead atoms. The first-order valence-electron chi connectivity index (χ1n) is 8.84. The Bertz CT molecular complexity index is 412. The van der Waals surface area contributed by atoms with E-state index in [-0.39, 0.29) is 6.61 Å². The number of amides is 1. The molecule has 5 nitrogen and oxygen atoms in total. The van der Waals surface area contributed by atoms with Crippen LogP contribution < -0.4 is 0 Å². The van der Waals surface area contributed by atoms with Gasteiger partial charge >= 0.3 is 0 Å². The fourth-order valence-corrected chi connectivity index (χ4v) is 3.55. The van der Waals surface area contributed by atoms with Crippen LogP contribution in [0.1, 0.15) is 38.5 Å². The highest BCUT2D eigenvalue weighted by Gasteiger charge is 2.35. The molecular weight excluding hydrogens is 278 g/mol. The van der Waals surface area contributed by atoms with Gasteiger partial charge in [-0.1, -0.05) is 6.08 Å². The molecule has 2 fully saturated rings. The van der Waals surface area contributed by atoms with Crippen LogP contribution in [0.2, 0.25) is 0 Å². The maximum absolute atomic E-state index is 12.8. The van der Waals surface area contributed by atoms with Gasteiger partial charge in [-0.3, -0.25) is 14.6 Å². The first-order valence-corrected chi connectivity index (χ1v) is 8.84. The molecule has 2 aliphatic carbocycles. The molecule has 1 aliphatic heterocycles. The number of allylic oxidation sites excluding steroid dienone is 2. The van der Waals surface area contributed by atoms with Crippen LogP contribution >= 0.6 is 0 Å². The summed E-state index contributed by atoms with van der Waals surface area (Å²) >= 11 is 0. The maximum atomic E-state index is 12.8. The molecule has 1 heterocycles. The highest BCUT2D eigenvalue weighted by atomic mass is 16.3. The van der Waals surface area contributed by atoms with Crippen LogP contribution in [0.15, 0.2) is 11.8 Å². The molecule has 0 unspecified atom stereocenters. The topological polar surface area (TPSA) is 47.0 Å². The van der Waals surface area contributed by atoms with Crippen molar-refractivity contribution in [2.24, 2.45) is 0 Å². The van der Waals surface area contributed by atoms with Crippen LogP contribution in [0.5, 0.6) is 0 Å². The van der Waals surface area contributed by atoms with Crippen molar-refractivity contribution in [3.63, 3.8) is 0 Å². The van der Waals surface area contributed by atoms with Crippen LogP contribution in [-0.2, 0) is 4.79 Å². The van der Waals surface area contributed by atoms with Crippen LogP contribution in [0, 0.1) is 0 Å². The van der Waals surface area contributed by atoms with Gasteiger partial charge < -0.3 is 10.0 Å². The Morgan fingerprint density at radius 1 is 1.18 bits per heavy atom. The minimum Gasteiger partial charge on any atom is -0.395 e. The zero-order chi connectivity index (χ0) is 15.4. The van der Waals surface area contributed by atoms with E-state index in [0.717, 1.165) is 45.6 Å². The zero-order valence-electron chi connectivity index (χ0n) is 13.5. The number of hydrogen-bond acceptors (Lipinski definition) is 4. The smallest absolute Gasteiger partial charge is 0.241 e. The van der Waals surface area contributed by atoms with Gasteiger partial charge in [0, 0.05) is 44.5 Å². The number of rotatable bonds is 6. The Morgan fingerprint density at radius 3 is 2.50 bits per heavy atom. The maximum Gasteiger partial charge on any atom is 0.241 e. The summed E-state index contributed by atoms with van der Waals surface area (Å²) in [4.78, 5) is 19.5. The Labute approximate surface area is 133 Å². The summed E-state index contributed by atoms with van der Waals surface area (Å²) in [5.74, 6) is 0.297. The van der Waals surface area contributed by atoms with Crippen LogP contribution in [0.4, 0.5) is 0 Å². The van der Waals surface area contributed by atoms with E-state index >= 15 is 0 Å². The van der Waals surface area contributed by atoms with Crippen molar-refractivity contribution >= 4 is 5.91 Å². The molecule has 3 aliphatic rings. The number of carbonyl (C=O) groups excluding carboxylic acids is 1. The minimum atomic E-state index is 0.225. The highest BCUT2D eigenvalue weighted by molar-refractivity contribution is 5.80. The van der Waals surface area contributed by atoms with E-state index in [2.05, 4.69) is 20.8 Å². The fraction of sp³-hybridized carbons (Fsp3) is 0.824. The predicted molar refractivity (Wildman–Crippen MR) is 86.4 cm³/mol. The molecule has 3 rings (SSSR count). The normalized spacial score (nSPS) is 24.1. The van der Waals surface area contributed by atoms with Crippen molar-refractivity contribution < 1.29 is 9.90 Å². The number of hydrogen-bond donors (Lipinski definition) is 1. The van der Waals surface area contributed by atoms with Crippen molar-refractivity contribution in [2.75, 3.05) is 45.9 Å². The molecule has 0 radical (unpaired) electrons. The second-order valence-electron chi connectivity index (χ2n) is 6.78. The first-order chi connectivity index (χ1) is 10.8. The quantitative estimate of drug-likeness (QED) is 0.797. The standard InChI is InChI=1S/C17H29N3O2/c21-13-12-18-8-10-19(11-9-18)14-17(22)20(16-6-7-16)15-4-2-1-3-5-15/h4,16,21H,1-3,5-14H2. The van der Waals surface area contributed by atoms with E-state index in [1.807, 2.05) is 0 Å². The van der Waals surface area contributed by atoms with E-state index in [4.69, 9.17) is 5.11 Å². The van der Waals surface area contributed by atoms with Gasteiger partial charge in [0.15, 0.2) is 0 Å². The molecule has 0 aromatic heterocycles. The van der Waals surface area contributed by atoms with Crippen molar-refractivity contribution in [2.45, 2.75) is 44.6 Å². The summed E-state index contributed by atoms with van der Waals surface area (Å²) in [6, 6.07) is 0.479. The number of nitrogens with zero attached hydrogens (tertiary/aromatic N) is 3. The van der Waals surface area contributed by atoms with E-state index in [0.29, 0.717) is 18.5 Å². The number of aliphatic hydroxyl groups is 1. The van der Waals surface area contributed by atoms with E-state index in [1.165, 1.54) is 31.4 Å². The SMILES string of the molecule is O=C(CN1CCN(CCO)CC1)N(C1=CCCCC1)C1CC1. The zero-order valence-corrected chi connectivity index (χ0v) is 13.5. The van der Waals surface area contributed by atoms with Crippen LogP contribution in [-0.4, -0.2) is 77.6 Å². The monoisotopic (exact) mass is 307 g/mol. The minimum absolute atomic E-state index is 0.225. The lowest BCUT2D eigenvalue weighted by molar-refractivity contribution is -0.131. The average molecular weight is 307 g/mol. The molecule has 22 heavy (non-hydrogen) atoms. The van der Waals surface area contributed by atoms with Crippen molar-refractivity contribution in [3.8, 4) is 0 Å². The Hall–Kier alpha value is -0.910. The summed E-state index contributed by atoms with van der Waals surface area (Å²) < 4.78 is 0. The summed E-state index contributed by atoms with van der Waals surface area (Å²) in [5, 5.41) is 8.99. The van der Waals surface area contributed by atoms with E-state index in [1.54, 1.807) is 0 Å². The second kappa shape index (κ2) is 7.57. The van der Waals surface area contributed by atoms with Gasteiger partial charge in [-0.25, -0.2) is 0 Å². The number of carbonyl (C=O) groups is 1. The van der Waals surface area contributed by atoms with Gasteiger partial charge in [-0.15, -0.1) is 0 Å². The molecule has 0 atom stereocenters. The van der Waals surface area contributed by atoms with Gasteiger partial charge in [0.25, 0.3) is 0 Å². The molecule has 0 spiro atoms. The number of aliphatic hydroxyl groups excluding tert-OH is 1. The van der Waals surface area contributed by atoms with Gasteiger partial charge in [-0.2, -0.15) is 0 Å². The Balaban J connectivity index is 1.52.